The Bertz CT molecular complexity index is 413. The predicted octanol–water partition coefficient (Wildman–Crippen LogP) is 2.81. The fourth-order valence-corrected chi connectivity index (χ4v) is 2.39. The van der Waals surface area contributed by atoms with Crippen LogP contribution in [0.1, 0.15) is 25.3 Å². The van der Waals surface area contributed by atoms with Crippen molar-refractivity contribution in [1.29, 1.82) is 0 Å². The van der Waals surface area contributed by atoms with E-state index in [-0.39, 0.29) is 17.9 Å². The first kappa shape index (κ1) is 14.4. The van der Waals surface area contributed by atoms with E-state index in [0.29, 0.717) is 6.54 Å². The Balaban J connectivity index is 1.76. The average Bonchev–Trinajstić information content (AvgIpc) is 2.91. The molecule has 1 aromatic rings. The van der Waals surface area contributed by atoms with Gasteiger partial charge in [-0.3, -0.25) is 4.79 Å². The van der Waals surface area contributed by atoms with Gasteiger partial charge >= 0.3 is 0 Å². The van der Waals surface area contributed by atoms with Crippen LogP contribution in [0.5, 0.6) is 0 Å². The fraction of sp³-hybridized carbons (Fsp3) is 0.533. The summed E-state index contributed by atoms with van der Waals surface area (Å²) in [6.07, 6.45) is 3.08. The quantitative estimate of drug-likeness (QED) is 0.901. The maximum absolute atomic E-state index is 12.0. The largest absolute Gasteiger partial charge is 0.376 e. The van der Waals surface area contributed by atoms with Gasteiger partial charge in [0.2, 0.25) is 5.91 Å². The first-order valence-corrected chi connectivity index (χ1v) is 7.16. The van der Waals surface area contributed by atoms with E-state index >= 15 is 0 Å². The third-order valence-corrected chi connectivity index (χ3v) is 3.68. The fourth-order valence-electron chi connectivity index (χ4n) is 2.26. The van der Waals surface area contributed by atoms with Gasteiger partial charge in [0.1, 0.15) is 0 Å². The van der Waals surface area contributed by atoms with Crippen molar-refractivity contribution >= 4 is 17.5 Å². The van der Waals surface area contributed by atoms with Gasteiger partial charge in [0, 0.05) is 24.1 Å². The van der Waals surface area contributed by atoms with Gasteiger partial charge in [-0.25, -0.2) is 0 Å². The molecule has 0 bridgehead atoms. The van der Waals surface area contributed by atoms with E-state index < -0.39 is 0 Å². The average molecular weight is 282 g/mol. The summed E-state index contributed by atoms with van der Waals surface area (Å²) >= 11 is 5.84. The highest BCUT2D eigenvalue weighted by atomic mass is 35.5. The van der Waals surface area contributed by atoms with Gasteiger partial charge in [-0.15, -0.1) is 0 Å². The van der Waals surface area contributed by atoms with Crippen LogP contribution in [0.4, 0.5) is 0 Å². The third-order valence-electron chi connectivity index (χ3n) is 3.43. The molecule has 2 atom stereocenters. The molecule has 1 aliphatic rings. The molecule has 1 amide bonds. The molecule has 1 N–H and O–H groups in total. The standard InChI is InChI=1S/C15H20ClNO2/c1-11(9-12-4-6-13(16)7-5-12)15(18)17-10-14-3-2-8-19-14/h4-7,11,14H,2-3,8-10H2,1H3,(H,17,18). The van der Waals surface area contributed by atoms with Crippen molar-refractivity contribution in [2.45, 2.75) is 32.3 Å². The molecule has 0 saturated carbocycles. The minimum Gasteiger partial charge on any atom is -0.376 e. The van der Waals surface area contributed by atoms with Crippen LogP contribution in [-0.2, 0) is 16.0 Å². The van der Waals surface area contributed by atoms with Gasteiger partial charge in [-0.05, 0) is 37.0 Å². The van der Waals surface area contributed by atoms with E-state index in [2.05, 4.69) is 5.32 Å². The molecule has 1 saturated heterocycles. The molecule has 1 fully saturated rings. The van der Waals surface area contributed by atoms with Crippen molar-refractivity contribution in [3.05, 3.63) is 34.9 Å². The highest BCUT2D eigenvalue weighted by molar-refractivity contribution is 6.30. The SMILES string of the molecule is CC(Cc1ccc(Cl)cc1)C(=O)NCC1CCCO1. The van der Waals surface area contributed by atoms with Crippen LogP contribution < -0.4 is 5.32 Å². The molecule has 3 nitrogen and oxygen atoms in total. The molecule has 0 aromatic heterocycles. The molecular formula is C15H20ClNO2. The summed E-state index contributed by atoms with van der Waals surface area (Å²) in [6, 6.07) is 7.64. The summed E-state index contributed by atoms with van der Waals surface area (Å²) in [5.74, 6) is 0.0491. The Morgan fingerprint density at radius 1 is 1.47 bits per heavy atom. The summed E-state index contributed by atoms with van der Waals surface area (Å²) in [5, 5.41) is 3.69. The van der Waals surface area contributed by atoms with Crippen molar-refractivity contribution in [2.24, 2.45) is 5.92 Å². The van der Waals surface area contributed by atoms with Crippen LogP contribution in [0.15, 0.2) is 24.3 Å². The number of hydrogen-bond acceptors (Lipinski definition) is 2. The monoisotopic (exact) mass is 281 g/mol. The molecule has 19 heavy (non-hydrogen) atoms. The molecule has 104 valence electrons. The number of halogens is 1. The molecule has 0 radical (unpaired) electrons. The van der Waals surface area contributed by atoms with Crippen molar-refractivity contribution in [2.75, 3.05) is 13.2 Å². The molecule has 1 aromatic carbocycles. The number of amides is 1. The highest BCUT2D eigenvalue weighted by Crippen LogP contribution is 2.14. The summed E-state index contributed by atoms with van der Waals surface area (Å²) in [6.45, 7) is 3.39. The van der Waals surface area contributed by atoms with E-state index in [1.165, 1.54) is 0 Å². The molecular weight excluding hydrogens is 262 g/mol. The molecule has 1 heterocycles. The lowest BCUT2D eigenvalue weighted by Crippen LogP contribution is -2.35. The second kappa shape index (κ2) is 6.92. The summed E-state index contributed by atoms with van der Waals surface area (Å²) in [7, 11) is 0. The smallest absolute Gasteiger partial charge is 0.223 e. The van der Waals surface area contributed by atoms with Gasteiger partial charge in [-0.1, -0.05) is 30.7 Å². The molecule has 1 aliphatic heterocycles. The van der Waals surface area contributed by atoms with Crippen molar-refractivity contribution in [3.63, 3.8) is 0 Å². The van der Waals surface area contributed by atoms with Gasteiger partial charge in [0.25, 0.3) is 0 Å². The normalized spacial score (nSPS) is 20.2. The van der Waals surface area contributed by atoms with Crippen LogP contribution in [-0.4, -0.2) is 25.2 Å². The van der Waals surface area contributed by atoms with Crippen LogP contribution in [0.2, 0.25) is 5.02 Å². The Morgan fingerprint density at radius 2 is 2.21 bits per heavy atom. The topological polar surface area (TPSA) is 38.3 Å². The Labute approximate surface area is 119 Å². The maximum atomic E-state index is 12.0. The minimum atomic E-state index is -0.0393. The van der Waals surface area contributed by atoms with Crippen molar-refractivity contribution in [3.8, 4) is 0 Å². The van der Waals surface area contributed by atoms with Crippen LogP contribution in [0.3, 0.4) is 0 Å². The van der Waals surface area contributed by atoms with Crippen molar-refractivity contribution in [1.82, 2.24) is 5.32 Å². The van der Waals surface area contributed by atoms with E-state index in [1.807, 2.05) is 31.2 Å². The summed E-state index contributed by atoms with van der Waals surface area (Å²) in [4.78, 5) is 12.0. The molecule has 2 unspecified atom stereocenters. The number of carbonyl (C=O) groups excluding carboxylic acids is 1. The molecule has 0 spiro atoms. The lowest BCUT2D eigenvalue weighted by molar-refractivity contribution is -0.124. The number of nitrogens with one attached hydrogen (secondary N) is 1. The zero-order valence-electron chi connectivity index (χ0n) is 11.2. The number of benzene rings is 1. The number of hydrogen-bond donors (Lipinski definition) is 1. The first-order valence-electron chi connectivity index (χ1n) is 6.79. The van der Waals surface area contributed by atoms with Crippen molar-refractivity contribution < 1.29 is 9.53 Å². The Kier molecular flexibility index (Phi) is 5.23. The lowest BCUT2D eigenvalue weighted by atomic mass is 10.0. The first-order chi connectivity index (χ1) is 9.15. The second-order valence-electron chi connectivity index (χ2n) is 5.11. The van der Waals surface area contributed by atoms with Crippen LogP contribution in [0, 0.1) is 5.92 Å². The number of carbonyl (C=O) groups is 1. The van der Waals surface area contributed by atoms with E-state index in [0.717, 1.165) is 36.5 Å². The molecule has 0 aliphatic carbocycles. The lowest BCUT2D eigenvalue weighted by Gasteiger charge is -2.15. The van der Waals surface area contributed by atoms with Gasteiger partial charge in [0.05, 0.1) is 6.10 Å². The van der Waals surface area contributed by atoms with Crippen LogP contribution >= 0.6 is 11.6 Å². The minimum absolute atomic E-state index is 0.0393. The highest BCUT2D eigenvalue weighted by Gasteiger charge is 2.18. The Hall–Kier alpha value is -1.06. The maximum Gasteiger partial charge on any atom is 0.223 e. The number of ether oxygens (including phenoxy) is 1. The number of rotatable bonds is 5. The van der Waals surface area contributed by atoms with Crippen LogP contribution in [0.25, 0.3) is 0 Å². The van der Waals surface area contributed by atoms with E-state index in [4.69, 9.17) is 16.3 Å². The Morgan fingerprint density at radius 3 is 2.84 bits per heavy atom. The predicted molar refractivity (Wildman–Crippen MR) is 76.3 cm³/mol. The van der Waals surface area contributed by atoms with E-state index in [1.54, 1.807) is 0 Å². The second-order valence-corrected chi connectivity index (χ2v) is 5.55. The van der Waals surface area contributed by atoms with Gasteiger partial charge < -0.3 is 10.1 Å². The summed E-state index contributed by atoms with van der Waals surface area (Å²) in [5.41, 5.74) is 1.13. The molecule has 4 heteroatoms. The van der Waals surface area contributed by atoms with Gasteiger partial charge in [0.15, 0.2) is 0 Å². The van der Waals surface area contributed by atoms with Gasteiger partial charge in [-0.2, -0.15) is 0 Å². The third kappa shape index (κ3) is 4.51. The zero-order chi connectivity index (χ0) is 13.7. The summed E-state index contributed by atoms with van der Waals surface area (Å²) < 4.78 is 5.49. The molecule has 2 rings (SSSR count). The zero-order valence-corrected chi connectivity index (χ0v) is 12.0. The van der Waals surface area contributed by atoms with E-state index in [9.17, 15) is 4.79 Å².